The Balaban J connectivity index is 0.00000225. The molecule has 28 heavy (non-hydrogen) atoms. The highest BCUT2D eigenvalue weighted by atomic mass is 35.5. The van der Waals surface area contributed by atoms with E-state index in [4.69, 9.17) is 16.7 Å². The van der Waals surface area contributed by atoms with E-state index < -0.39 is 0 Å². The number of rotatable bonds is 3. The lowest BCUT2D eigenvalue weighted by atomic mass is 10.0. The molecular formula is C22H24Cl2N3O-. The number of benzene rings is 2. The standard InChI is InChI=1S/C22H24ClN3O.ClH/c1-25-13-4-5-18(12-14-25)26-22(27)20-7-3-2-6-19(20)21(24-26)15-16-8-10-17(23)11-9-16;/h2-3,6-11,18H,4-5,12-15H2,1H3;1H/p-1. The summed E-state index contributed by atoms with van der Waals surface area (Å²) in [5.41, 5.74) is 2.12. The highest BCUT2D eigenvalue weighted by molar-refractivity contribution is 6.30. The van der Waals surface area contributed by atoms with Gasteiger partial charge in [-0.25, -0.2) is 4.68 Å². The van der Waals surface area contributed by atoms with Gasteiger partial charge in [0, 0.05) is 16.8 Å². The second-order valence-electron chi connectivity index (χ2n) is 7.43. The molecule has 148 valence electrons. The largest absolute Gasteiger partial charge is 1.00 e. The van der Waals surface area contributed by atoms with Gasteiger partial charge in [-0.3, -0.25) is 4.79 Å². The summed E-state index contributed by atoms with van der Waals surface area (Å²) in [4.78, 5) is 15.5. The number of halogens is 2. The van der Waals surface area contributed by atoms with Gasteiger partial charge in [-0.05, 0) is 63.2 Å². The van der Waals surface area contributed by atoms with Crippen LogP contribution >= 0.6 is 11.6 Å². The Morgan fingerprint density at radius 3 is 2.50 bits per heavy atom. The lowest BCUT2D eigenvalue weighted by Crippen LogP contribution is -3.00. The van der Waals surface area contributed by atoms with Crippen molar-refractivity contribution in [2.75, 3.05) is 20.1 Å². The minimum atomic E-state index is 0. The number of fused-ring (bicyclic) bond motifs is 1. The van der Waals surface area contributed by atoms with E-state index in [2.05, 4.69) is 11.9 Å². The number of nitrogens with zero attached hydrogens (tertiary/aromatic N) is 3. The zero-order valence-electron chi connectivity index (χ0n) is 15.9. The average Bonchev–Trinajstić information content (AvgIpc) is 2.90. The van der Waals surface area contributed by atoms with Crippen LogP contribution in [0.25, 0.3) is 10.8 Å². The first-order valence-corrected chi connectivity index (χ1v) is 9.93. The Labute approximate surface area is 176 Å². The van der Waals surface area contributed by atoms with Gasteiger partial charge in [-0.15, -0.1) is 0 Å². The summed E-state index contributed by atoms with van der Waals surface area (Å²) < 4.78 is 1.76. The minimum Gasteiger partial charge on any atom is -1.00 e. The lowest BCUT2D eigenvalue weighted by molar-refractivity contribution is -0.00000550. The number of likely N-dealkylation sites (tertiary alicyclic amines) is 1. The third-order valence-electron chi connectivity index (χ3n) is 5.46. The Bertz CT molecular complexity index is 1000. The first-order chi connectivity index (χ1) is 13.1. The molecule has 4 nitrogen and oxygen atoms in total. The highest BCUT2D eigenvalue weighted by Gasteiger charge is 2.21. The maximum atomic E-state index is 13.1. The number of aromatic nitrogens is 2. The van der Waals surface area contributed by atoms with Crippen LogP contribution in [0.2, 0.25) is 5.02 Å². The molecule has 0 amide bonds. The zero-order valence-corrected chi connectivity index (χ0v) is 17.5. The normalized spacial score (nSPS) is 17.9. The van der Waals surface area contributed by atoms with E-state index in [1.54, 1.807) is 4.68 Å². The van der Waals surface area contributed by atoms with Crippen molar-refractivity contribution in [3.63, 3.8) is 0 Å². The molecule has 0 N–H and O–H groups in total. The van der Waals surface area contributed by atoms with Gasteiger partial charge in [0.2, 0.25) is 0 Å². The van der Waals surface area contributed by atoms with Crippen molar-refractivity contribution in [2.45, 2.75) is 31.7 Å². The van der Waals surface area contributed by atoms with Crippen LogP contribution in [0, 0.1) is 0 Å². The molecule has 2 heterocycles. The van der Waals surface area contributed by atoms with Crippen molar-refractivity contribution in [2.24, 2.45) is 0 Å². The molecule has 3 aromatic rings. The van der Waals surface area contributed by atoms with Gasteiger partial charge in [0.1, 0.15) is 0 Å². The summed E-state index contributed by atoms with van der Waals surface area (Å²) in [5.74, 6) is 0. The van der Waals surface area contributed by atoms with E-state index in [-0.39, 0.29) is 24.0 Å². The quantitative estimate of drug-likeness (QED) is 0.645. The molecule has 0 spiro atoms. The van der Waals surface area contributed by atoms with Crippen LogP contribution in [0.4, 0.5) is 0 Å². The number of hydrogen-bond donors (Lipinski definition) is 0. The smallest absolute Gasteiger partial charge is 0.274 e. The Kier molecular flexibility index (Phi) is 6.76. The third kappa shape index (κ3) is 4.40. The third-order valence-corrected chi connectivity index (χ3v) is 5.71. The highest BCUT2D eigenvalue weighted by Crippen LogP contribution is 2.23. The van der Waals surface area contributed by atoms with E-state index in [1.165, 1.54) is 0 Å². The second-order valence-corrected chi connectivity index (χ2v) is 7.87. The predicted molar refractivity (Wildman–Crippen MR) is 111 cm³/mol. The predicted octanol–water partition coefficient (Wildman–Crippen LogP) is 1.30. The van der Waals surface area contributed by atoms with Crippen LogP contribution < -0.4 is 18.0 Å². The molecule has 0 bridgehead atoms. The fraction of sp³-hybridized carbons (Fsp3) is 0.364. The van der Waals surface area contributed by atoms with Gasteiger partial charge in [-0.2, -0.15) is 5.10 Å². The van der Waals surface area contributed by atoms with Gasteiger partial charge in [0.05, 0.1) is 17.1 Å². The van der Waals surface area contributed by atoms with Crippen LogP contribution in [-0.2, 0) is 6.42 Å². The Hall–Kier alpha value is -1.88. The van der Waals surface area contributed by atoms with Crippen molar-refractivity contribution in [3.05, 3.63) is 75.2 Å². The molecule has 0 radical (unpaired) electrons. The van der Waals surface area contributed by atoms with Crippen molar-refractivity contribution < 1.29 is 12.4 Å². The number of hydrogen-bond acceptors (Lipinski definition) is 3. The summed E-state index contributed by atoms with van der Waals surface area (Å²) in [6.45, 7) is 2.08. The first kappa shape index (κ1) is 20.8. The summed E-state index contributed by atoms with van der Waals surface area (Å²) in [6.07, 6.45) is 3.73. The Morgan fingerprint density at radius 2 is 1.75 bits per heavy atom. The van der Waals surface area contributed by atoms with Crippen molar-refractivity contribution in [3.8, 4) is 0 Å². The summed E-state index contributed by atoms with van der Waals surface area (Å²) in [6, 6.07) is 15.8. The first-order valence-electron chi connectivity index (χ1n) is 9.55. The molecule has 1 saturated heterocycles. The molecule has 1 aromatic heterocycles. The Morgan fingerprint density at radius 1 is 1.04 bits per heavy atom. The molecule has 6 heteroatoms. The molecule has 1 atom stereocenters. The van der Waals surface area contributed by atoms with Crippen molar-refractivity contribution >= 4 is 22.4 Å². The van der Waals surface area contributed by atoms with Crippen LogP contribution in [0.5, 0.6) is 0 Å². The van der Waals surface area contributed by atoms with Crippen LogP contribution in [-0.4, -0.2) is 34.8 Å². The molecule has 2 aromatic carbocycles. The van der Waals surface area contributed by atoms with E-state index in [1.807, 2.05) is 48.5 Å². The van der Waals surface area contributed by atoms with E-state index >= 15 is 0 Å². The summed E-state index contributed by atoms with van der Waals surface area (Å²) in [7, 11) is 2.14. The van der Waals surface area contributed by atoms with E-state index in [9.17, 15) is 4.79 Å². The van der Waals surface area contributed by atoms with Crippen LogP contribution in [0.1, 0.15) is 36.6 Å². The van der Waals surface area contributed by atoms with Crippen LogP contribution in [0.3, 0.4) is 0 Å². The van der Waals surface area contributed by atoms with Crippen molar-refractivity contribution in [1.29, 1.82) is 0 Å². The molecule has 0 saturated carbocycles. The SMILES string of the molecule is CN1CCCC(n2nc(Cc3ccc(Cl)cc3)c3ccccc3c2=O)CC1.[Cl-]. The molecule has 0 aliphatic carbocycles. The maximum Gasteiger partial charge on any atom is 0.274 e. The molecule has 1 aliphatic rings. The fourth-order valence-corrected chi connectivity index (χ4v) is 4.04. The lowest BCUT2D eigenvalue weighted by Gasteiger charge is -2.19. The van der Waals surface area contributed by atoms with Crippen molar-refractivity contribution in [1.82, 2.24) is 14.7 Å². The van der Waals surface area contributed by atoms with Gasteiger partial charge >= 0.3 is 0 Å². The topological polar surface area (TPSA) is 38.1 Å². The second kappa shape index (κ2) is 9.08. The zero-order chi connectivity index (χ0) is 18.8. The van der Waals surface area contributed by atoms with E-state index in [0.29, 0.717) is 6.42 Å². The monoisotopic (exact) mass is 416 g/mol. The van der Waals surface area contributed by atoms with Gasteiger partial charge < -0.3 is 17.3 Å². The van der Waals surface area contributed by atoms with Gasteiger partial charge in [0.15, 0.2) is 0 Å². The van der Waals surface area contributed by atoms with Crippen LogP contribution in [0.15, 0.2) is 53.3 Å². The molecular weight excluding hydrogens is 393 g/mol. The summed E-state index contributed by atoms with van der Waals surface area (Å²) >= 11 is 6.02. The average molecular weight is 417 g/mol. The summed E-state index contributed by atoms with van der Waals surface area (Å²) in [5, 5.41) is 7.29. The molecule has 1 fully saturated rings. The van der Waals surface area contributed by atoms with Gasteiger partial charge in [-0.1, -0.05) is 41.9 Å². The fourth-order valence-electron chi connectivity index (χ4n) is 3.91. The minimum absolute atomic E-state index is 0. The molecule has 1 aliphatic heterocycles. The maximum absolute atomic E-state index is 13.1. The molecule has 4 rings (SSSR count). The molecule has 1 unspecified atom stereocenters. The van der Waals surface area contributed by atoms with E-state index in [0.717, 1.165) is 59.4 Å². The van der Waals surface area contributed by atoms with Gasteiger partial charge in [0.25, 0.3) is 5.56 Å².